The number of hydrogen-bond donors (Lipinski definition) is 2. The lowest BCUT2D eigenvalue weighted by molar-refractivity contribution is 0.112. The number of phenolic OH excluding ortho intramolecular Hbond substituents is 1. The third-order valence-corrected chi connectivity index (χ3v) is 2.28. The Labute approximate surface area is 96.6 Å². The van der Waals surface area contributed by atoms with Crippen LogP contribution in [0.5, 0.6) is 11.5 Å². The van der Waals surface area contributed by atoms with Crippen molar-refractivity contribution < 1.29 is 19.2 Å². The van der Waals surface area contributed by atoms with Crippen LogP contribution in [0.25, 0.3) is 11.3 Å². The first-order chi connectivity index (χ1) is 8.15. The van der Waals surface area contributed by atoms with E-state index in [1.165, 1.54) is 25.3 Å². The molecule has 1 aromatic carbocycles. The number of anilines is 1. The van der Waals surface area contributed by atoms with Crippen LogP contribution in [0.15, 0.2) is 22.7 Å². The number of nitrogens with zero attached hydrogens (tertiary/aromatic N) is 1. The van der Waals surface area contributed by atoms with Gasteiger partial charge in [0.2, 0.25) is 5.88 Å². The van der Waals surface area contributed by atoms with Gasteiger partial charge in [0.15, 0.2) is 17.8 Å². The molecule has 2 rings (SSSR count). The molecule has 17 heavy (non-hydrogen) atoms. The number of carbonyl (C=O) groups is 1. The van der Waals surface area contributed by atoms with Crippen LogP contribution < -0.4 is 10.5 Å². The van der Waals surface area contributed by atoms with Gasteiger partial charge >= 0.3 is 0 Å². The van der Waals surface area contributed by atoms with E-state index in [2.05, 4.69) is 5.16 Å². The zero-order valence-electron chi connectivity index (χ0n) is 9.01. The van der Waals surface area contributed by atoms with E-state index < -0.39 is 0 Å². The van der Waals surface area contributed by atoms with Gasteiger partial charge < -0.3 is 20.1 Å². The molecule has 1 aromatic heterocycles. The second-order valence-electron chi connectivity index (χ2n) is 3.34. The summed E-state index contributed by atoms with van der Waals surface area (Å²) < 4.78 is 9.69. The average molecular weight is 234 g/mol. The van der Waals surface area contributed by atoms with Crippen molar-refractivity contribution in [1.82, 2.24) is 5.16 Å². The van der Waals surface area contributed by atoms with Crippen LogP contribution in [0.2, 0.25) is 0 Å². The van der Waals surface area contributed by atoms with E-state index in [-0.39, 0.29) is 22.9 Å². The number of nitrogens with two attached hydrogens (primary N) is 1. The van der Waals surface area contributed by atoms with Crippen LogP contribution in [0.4, 0.5) is 5.88 Å². The predicted molar refractivity (Wildman–Crippen MR) is 60.0 cm³/mol. The van der Waals surface area contributed by atoms with E-state index in [1.54, 1.807) is 0 Å². The number of benzene rings is 1. The van der Waals surface area contributed by atoms with E-state index in [1.807, 2.05) is 0 Å². The van der Waals surface area contributed by atoms with Gasteiger partial charge in [-0.15, -0.1) is 0 Å². The summed E-state index contributed by atoms with van der Waals surface area (Å²) >= 11 is 0. The molecular weight excluding hydrogens is 224 g/mol. The molecule has 0 atom stereocenters. The minimum Gasteiger partial charge on any atom is -0.504 e. The average Bonchev–Trinajstić information content (AvgIpc) is 2.75. The molecule has 0 aliphatic carbocycles. The number of hydrogen-bond acceptors (Lipinski definition) is 6. The van der Waals surface area contributed by atoms with Crippen molar-refractivity contribution in [1.29, 1.82) is 0 Å². The van der Waals surface area contributed by atoms with Crippen molar-refractivity contribution >= 4 is 12.2 Å². The van der Waals surface area contributed by atoms with Crippen molar-refractivity contribution in [3.05, 3.63) is 23.8 Å². The SMILES string of the molecule is COc1cc(-c2cc(N)on2)c(C=O)cc1O. The van der Waals surface area contributed by atoms with Gasteiger partial charge in [0, 0.05) is 17.2 Å². The number of nitrogen functional groups attached to an aromatic ring is 1. The van der Waals surface area contributed by atoms with Crippen LogP contribution in [0.3, 0.4) is 0 Å². The second kappa shape index (κ2) is 4.17. The monoisotopic (exact) mass is 234 g/mol. The summed E-state index contributed by atoms with van der Waals surface area (Å²) in [5.74, 6) is 0.269. The molecule has 88 valence electrons. The Balaban J connectivity index is 2.62. The third-order valence-electron chi connectivity index (χ3n) is 2.28. The van der Waals surface area contributed by atoms with Gasteiger partial charge in [-0.2, -0.15) is 0 Å². The number of carbonyl (C=O) groups excluding carboxylic acids is 1. The fourth-order valence-corrected chi connectivity index (χ4v) is 1.48. The lowest BCUT2D eigenvalue weighted by Crippen LogP contribution is -1.91. The quantitative estimate of drug-likeness (QED) is 0.780. The summed E-state index contributed by atoms with van der Waals surface area (Å²) in [6, 6.07) is 4.28. The van der Waals surface area contributed by atoms with Gasteiger partial charge in [-0.05, 0) is 12.1 Å². The maximum atomic E-state index is 10.9. The minimum absolute atomic E-state index is 0.116. The highest BCUT2D eigenvalue weighted by atomic mass is 16.5. The molecule has 6 nitrogen and oxygen atoms in total. The van der Waals surface area contributed by atoms with E-state index in [0.29, 0.717) is 17.5 Å². The number of aromatic hydroxyl groups is 1. The highest BCUT2D eigenvalue weighted by Gasteiger charge is 2.14. The number of phenols is 1. The van der Waals surface area contributed by atoms with Crippen molar-refractivity contribution in [2.75, 3.05) is 12.8 Å². The first-order valence-electron chi connectivity index (χ1n) is 4.74. The van der Waals surface area contributed by atoms with Gasteiger partial charge in [0.1, 0.15) is 5.69 Å². The predicted octanol–water partition coefficient (Wildman–Crippen LogP) is 1.45. The molecule has 1 heterocycles. The number of ether oxygens (including phenoxy) is 1. The Morgan fingerprint density at radius 2 is 2.24 bits per heavy atom. The van der Waals surface area contributed by atoms with Crippen LogP contribution in [0.1, 0.15) is 10.4 Å². The summed E-state index contributed by atoms with van der Waals surface area (Å²) in [7, 11) is 1.41. The normalized spacial score (nSPS) is 10.2. The third kappa shape index (κ3) is 1.92. The topological polar surface area (TPSA) is 98.6 Å². The first kappa shape index (κ1) is 11.0. The van der Waals surface area contributed by atoms with Gasteiger partial charge in [-0.25, -0.2) is 0 Å². The Morgan fingerprint density at radius 3 is 2.76 bits per heavy atom. The fourth-order valence-electron chi connectivity index (χ4n) is 1.48. The number of rotatable bonds is 3. The first-order valence-corrected chi connectivity index (χ1v) is 4.74. The standard InChI is InChI=1S/C11H10N2O4/c1-16-10-3-7(6(5-14)2-9(10)15)8-4-11(12)17-13-8/h2-5,15H,12H2,1H3. The summed E-state index contributed by atoms with van der Waals surface area (Å²) in [6.07, 6.45) is 0.610. The summed E-state index contributed by atoms with van der Waals surface area (Å²) in [5.41, 5.74) is 6.57. The van der Waals surface area contributed by atoms with Crippen molar-refractivity contribution in [2.45, 2.75) is 0 Å². The van der Waals surface area contributed by atoms with Gasteiger partial charge in [0.25, 0.3) is 0 Å². The molecule has 3 N–H and O–H groups in total. The van der Waals surface area contributed by atoms with E-state index in [4.69, 9.17) is 15.0 Å². The van der Waals surface area contributed by atoms with E-state index >= 15 is 0 Å². The molecule has 0 amide bonds. The van der Waals surface area contributed by atoms with Crippen LogP contribution in [-0.2, 0) is 0 Å². The number of methoxy groups -OCH3 is 1. The largest absolute Gasteiger partial charge is 0.504 e. The van der Waals surface area contributed by atoms with Gasteiger partial charge in [-0.1, -0.05) is 5.16 Å². The minimum atomic E-state index is -0.116. The lowest BCUT2D eigenvalue weighted by atomic mass is 10.0. The van der Waals surface area contributed by atoms with Crippen LogP contribution >= 0.6 is 0 Å². The number of aromatic nitrogens is 1. The molecule has 0 unspecified atom stereocenters. The zero-order chi connectivity index (χ0) is 12.4. The maximum absolute atomic E-state index is 10.9. The molecule has 0 aliphatic rings. The molecular formula is C11H10N2O4. The highest BCUT2D eigenvalue weighted by Crippen LogP contribution is 2.34. The maximum Gasteiger partial charge on any atom is 0.222 e. The fraction of sp³-hybridized carbons (Fsp3) is 0.0909. The van der Waals surface area contributed by atoms with E-state index in [0.717, 1.165) is 0 Å². The van der Waals surface area contributed by atoms with Crippen LogP contribution in [-0.4, -0.2) is 23.7 Å². The molecule has 0 aliphatic heterocycles. The lowest BCUT2D eigenvalue weighted by Gasteiger charge is -2.07. The smallest absolute Gasteiger partial charge is 0.222 e. The van der Waals surface area contributed by atoms with Crippen molar-refractivity contribution in [2.24, 2.45) is 0 Å². The molecule has 0 saturated carbocycles. The van der Waals surface area contributed by atoms with E-state index in [9.17, 15) is 9.90 Å². The van der Waals surface area contributed by atoms with Gasteiger partial charge in [0.05, 0.1) is 7.11 Å². The molecule has 0 saturated heterocycles. The second-order valence-corrected chi connectivity index (χ2v) is 3.34. The Hall–Kier alpha value is -2.50. The van der Waals surface area contributed by atoms with Crippen molar-refractivity contribution in [3.8, 4) is 22.8 Å². The summed E-state index contributed by atoms with van der Waals surface area (Å²) in [5, 5.41) is 13.3. The Morgan fingerprint density at radius 1 is 1.47 bits per heavy atom. The molecule has 0 fully saturated rings. The van der Waals surface area contributed by atoms with Crippen molar-refractivity contribution in [3.63, 3.8) is 0 Å². The number of aldehydes is 1. The Kier molecular flexibility index (Phi) is 2.70. The molecule has 6 heteroatoms. The zero-order valence-corrected chi connectivity index (χ0v) is 9.01. The molecule has 0 radical (unpaired) electrons. The summed E-state index contributed by atoms with van der Waals surface area (Å²) in [6.45, 7) is 0. The van der Waals surface area contributed by atoms with Crippen LogP contribution in [0, 0.1) is 0 Å². The highest BCUT2D eigenvalue weighted by molar-refractivity contribution is 5.88. The summed E-state index contributed by atoms with van der Waals surface area (Å²) in [4.78, 5) is 10.9. The molecule has 0 spiro atoms. The molecule has 2 aromatic rings. The van der Waals surface area contributed by atoms with Gasteiger partial charge in [-0.3, -0.25) is 4.79 Å². The Bertz CT molecular complexity index is 563. The molecule has 0 bridgehead atoms.